The number of phenolic OH excluding ortho intramolecular Hbond substituents is 1. The fraction of sp³-hybridized carbons (Fsp3) is 0.150. The Hall–Kier alpha value is -2.27. The van der Waals surface area contributed by atoms with Crippen molar-refractivity contribution in [2.45, 2.75) is 9.79 Å². The van der Waals surface area contributed by atoms with Crippen LogP contribution in [-0.4, -0.2) is 44.4 Å². The van der Waals surface area contributed by atoms with Crippen molar-refractivity contribution in [1.29, 1.82) is 0 Å². The third-order valence-electron chi connectivity index (χ3n) is 4.09. The van der Waals surface area contributed by atoms with Gasteiger partial charge in [0, 0.05) is 15.2 Å². The molecule has 0 spiro atoms. The number of hydrogen-bond donors (Lipinski definition) is 4. The molecule has 0 aliphatic carbocycles. The zero-order chi connectivity index (χ0) is 21.7. The first-order valence-electron chi connectivity index (χ1n) is 8.80. The van der Waals surface area contributed by atoms with Gasteiger partial charge in [-0.15, -0.1) is 11.8 Å². The summed E-state index contributed by atoms with van der Waals surface area (Å²) >= 11 is 4.32. The second kappa shape index (κ2) is 9.69. The quantitative estimate of drug-likeness (QED) is 0.264. The number of aliphatic hydroxyl groups is 1. The number of nitrogens with one attached hydrogen (secondary N) is 1. The van der Waals surface area contributed by atoms with E-state index in [0.29, 0.717) is 26.3 Å². The van der Waals surface area contributed by atoms with Gasteiger partial charge in [0.1, 0.15) is 5.75 Å². The van der Waals surface area contributed by atoms with E-state index in [4.69, 9.17) is 5.11 Å². The molecule has 0 saturated heterocycles. The average molecular weight is 511 g/mol. The number of aromatic hydroxyl groups is 1. The third-order valence-corrected chi connectivity index (χ3v) is 7.58. The van der Waals surface area contributed by atoms with Gasteiger partial charge in [0.2, 0.25) is 0 Å². The Morgan fingerprint density at radius 3 is 2.43 bits per heavy atom. The van der Waals surface area contributed by atoms with Crippen molar-refractivity contribution in [3.8, 4) is 5.75 Å². The van der Waals surface area contributed by atoms with Crippen LogP contribution in [-0.2, 0) is 14.7 Å². The number of anilines is 1. The van der Waals surface area contributed by atoms with Crippen molar-refractivity contribution in [1.82, 2.24) is 0 Å². The molecule has 0 radical (unpaired) electrons. The van der Waals surface area contributed by atoms with E-state index in [1.54, 1.807) is 54.6 Å². The number of phenols is 1. The zero-order valence-electron chi connectivity index (χ0n) is 15.6. The molecule has 0 aromatic heterocycles. The monoisotopic (exact) mass is 510 g/mol. The molecule has 0 bridgehead atoms. The number of aliphatic hydroxyl groups excluding tert-OH is 1. The van der Waals surface area contributed by atoms with Crippen LogP contribution in [0.3, 0.4) is 0 Å². The van der Waals surface area contributed by atoms with Crippen LogP contribution < -0.4 is 4.72 Å². The lowest BCUT2D eigenvalue weighted by molar-refractivity contribution is -0.133. The Balaban J connectivity index is 2.15. The van der Waals surface area contributed by atoms with Crippen LogP contribution >= 0.6 is 27.7 Å². The minimum atomic E-state index is -3.17. The highest BCUT2D eigenvalue weighted by Gasteiger charge is 2.18. The fourth-order valence-electron chi connectivity index (χ4n) is 2.77. The molecule has 1 unspecified atom stereocenters. The standard InChI is InChI=1S/C20H19BrN2O5S2/c21-13-5-7-14(8-6-13)30(28,22-9-10-24)23-17-11-18(29-12-19(25)26)20(27)16-4-2-1-3-15(16)17/h1-8,11,24,27H,9-10,12H2,(H,25,26)(H,22,23,28). The summed E-state index contributed by atoms with van der Waals surface area (Å²) in [4.78, 5) is 11.8. The van der Waals surface area contributed by atoms with Gasteiger partial charge in [-0.25, -0.2) is 8.57 Å². The van der Waals surface area contributed by atoms with Gasteiger partial charge in [0.15, 0.2) is 9.92 Å². The molecule has 3 aromatic rings. The van der Waals surface area contributed by atoms with Gasteiger partial charge >= 0.3 is 5.97 Å². The lowest BCUT2D eigenvalue weighted by Crippen LogP contribution is -2.15. The molecule has 30 heavy (non-hydrogen) atoms. The SMILES string of the molecule is O=C(O)CSc1cc(NS(=O)(=NCCO)c2ccc(Br)cc2)c2ccccc2c1O. The van der Waals surface area contributed by atoms with Crippen molar-refractivity contribution >= 4 is 60.0 Å². The van der Waals surface area contributed by atoms with Gasteiger partial charge in [0.25, 0.3) is 0 Å². The van der Waals surface area contributed by atoms with Gasteiger partial charge in [-0.1, -0.05) is 40.2 Å². The lowest BCUT2D eigenvalue weighted by atomic mass is 10.1. The van der Waals surface area contributed by atoms with Gasteiger partial charge in [-0.05, 0) is 30.3 Å². The van der Waals surface area contributed by atoms with E-state index in [1.165, 1.54) is 0 Å². The van der Waals surface area contributed by atoms with E-state index in [-0.39, 0.29) is 24.7 Å². The first-order chi connectivity index (χ1) is 14.3. The number of nitrogens with zero attached hydrogens (tertiary/aromatic N) is 1. The molecule has 0 fully saturated rings. The Morgan fingerprint density at radius 1 is 1.13 bits per heavy atom. The highest BCUT2D eigenvalue weighted by molar-refractivity contribution is 9.10. The maximum absolute atomic E-state index is 13.8. The van der Waals surface area contributed by atoms with Crippen molar-refractivity contribution in [3.05, 3.63) is 59.1 Å². The van der Waals surface area contributed by atoms with Crippen LogP contribution in [0, 0.1) is 0 Å². The Labute approximate surface area is 186 Å². The predicted molar refractivity (Wildman–Crippen MR) is 123 cm³/mol. The maximum Gasteiger partial charge on any atom is 0.313 e. The largest absolute Gasteiger partial charge is 0.506 e. The number of thioether (sulfide) groups is 1. The number of carboxylic acid groups (broad SMARTS) is 1. The van der Waals surface area contributed by atoms with Crippen molar-refractivity contribution < 1.29 is 24.3 Å². The van der Waals surface area contributed by atoms with Crippen LogP contribution in [0.25, 0.3) is 10.8 Å². The molecule has 10 heteroatoms. The van der Waals surface area contributed by atoms with Gasteiger partial charge in [0.05, 0.1) is 34.4 Å². The van der Waals surface area contributed by atoms with E-state index in [2.05, 4.69) is 25.0 Å². The molecule has 7 nitrogen and oxygen atoms in total. The number of aliphatic carboxylic acids is 1. The smallest absolute Gasteiger partial charge is 0.313 e. The van der Waals surface area contributed by atoms with Crippen molar-refractivity contribution in [2.24, 2.45) is 4.36 Å². The lowest BCUT2D eigenvalue weighted by Gasteiger charge is -2.17. The molecular weight excluding hydrogens is 492 g/mol. The zero-order valence-corrected chi connectivity index (χ0v) is 18.8. The minimum absolute atomic E-state index is 0.0292. The van der Waals surface area contributed by atoms with Crippen LogP contribution in [0.2, 0.25) is 0 Å². The second-order valence-corrected chi connectivity index (χ2v) is 10.1. The molecule has 4 N–H and O–H groups in total. The predicted octanol–water partition coefficient (Wildman–Crippen LogP) is 4.33. The number of benzene rings is 3. The molecule has 3 rings (SSSR count). The molecule has 0 amide bonds. The van der Waals surface area contributed by atoms with Gasteiger partial charge < -0.3 is 15.3 Å². The van der Waals surface area contributed by atoms with Gasteiger partial charge in [-0.3, -0.25) is 9.52 Å². The number of hydrogen-bond acceptors (Lipinski definition) is 6. The molecule has 0 saturated carbocycles. The summed E-state index contributed by atoms with van der Waals surface area (Å²) in [5.74, 6) is -1.29. The summed E-state index contributed by atoms with van der Waals surface area (Å²) in [5.41, 5.74) is 0.436. The van der Waals surface area contributed by atoms with E-state index >= 15 is 0 Å². The van der Waals surface area contributed by atoms with Crippen molar-refractivity contribution in [2.75, 3.05) is 23.6 Å². The van der Waals surface area contributed by atoms with Crippen LogP contribution in [0.4, 0.5) is 5.69 Å². The first-order valence-corrected chi connectivity index (χ1v) is 12.1. The minimum Gasteiger partial charge on any atom is -0.506 e. The first kappa shape index (κ1) is 22.4. The van der Waals surface area contributed by atoms with E-state index in [1.807, 2.05) is 0 Å². The maximum atomic E-state index is 13.8. The van der Waals surface area contributed by atoms with E-state index < -0.39 is 15.9 Å². The molecular formula is C20H19BrN2O5S2. The molecule has 158 valence electrons. The molecule has 0 heterocycles. The number of fused-ring (bicyclic) bond motifs is 1. The summed E-state index contributed by atoms with van der Waals surface area (Å²) in [7, 11) is -3.17. The summed E-state index contributed by atoms with van der Waals surface area (Å²) in [6, 6.07) is 15.4. The summed E-state index contributed by atoms with van der Waals surface area (Å²) in [6.45, 7) is -0.288. The summed E-state index contributed by atoms with van der Waals surface area (Å²) < 4.78 is 21.8. The van der Waals surface area contributed by atoms with Crippen LogP contribution in [0.1, 0.15) is 0 Å². The topological polar surface area (TPSA) is 119 Å². The summed E-state index contributed by atoms with van der Waals surface area (Å²) in [5, 5.41) is 29.9. The Kier molecular flexibility index (Phi) is 7.24. The second-order valence-electron chi connectivity index (χ2n) is 6.16. The number of carboxylic acids is 1. The number of halogens is 1. The van der Waals surface area contributed by atoms with Crippen molar-refractivity contribution in [3.63, 3.8) is 0 Å². The Morgan fingerprint density at radius 2 is 1.80 bits per heavy atom. The molecule has 0 aliphatic heterocycles. The van der Waals surface area contributed by atoms with E-state index in [9.17, 15) is 19.2 Å². The highest BCUT2D eigenvalue weighted by Crippen LogP contribution is 2.40. The summed E-state index contributed by atoms with van der Waals surface area (Å²) in [6.07, 6.45) is 0. The molecule has 3 aromatic carbocycles. The van der Waals surface area contributed by atoms with Gasteiger partial charge in [-0.2, -0.15) is 0 Å². The molecule has 0 aliphatic rings. The highest BCUT2D eigenvalue weighted by atomic mass is 79.9. The Bertz CT molecular complexity index is 1190. The number of rotatable bonds is 8. The number of carbonyl (C=O) groups is 1. The molecule has 1 atom stereocenters. The van der Waals surface area contributed by atoms with Crippen LogP contribution in [0.5, 0.6) is 5.75 Å². The van der Waals surface area contributed by atoms with E-state index in [0.717, 1.165) is 16.2 Å². The average Bonchev–Trinajstić information content (AvgIpc) is 2.74. The normalized spacial score (nSPS) is 13.0. The fourth-order valence-corrected chi connectivity index (χ4v) is 5.40. The van der Waals surface area contributed by atoms with Crippen LogP contribution in [0.15, 0.2) is 73.2 Å². The third kappa shape index (κ3) is 5.07.